The number of carbonyl (C=O) groups is 2. The molecule has 22 heavy (non-hydrogen) atoms. The first-order valence-corrected chi connectivity index (χ1v) is 7.73. The smallest absolute Gasteiger partial charge is 0.324 e. The number of hydrogen-bond donors (Lipinski definition) is 1. The molecule has 0 bridgehead atoms. The predicted octanol–water partition coefficient (Wildman–Crippen LogP) is 2.06. The lowest BCUT2D eigenvalue weighted by Crippen LogP contribution is -2.33. The van der Waals surface area contributed by atoms with Crippen LogP contribution in [-0.2, 0) is 14.3 Å². The Morgan fingerprint density at radius 3 is 2.14 bits per heavy atom. The maximum absolute atomic E-state index is 10.7. The molecular weight excluding hydrogens is 284 g/mol. The molecule has 1 rings (SSSR count). The Labute approximate surface area is 134 Å². The molecule has 1 heterocycles. The average Bonchev–Trinajstić information content (AvgIpc) is 2.47. The van der Waals surface area contributed by atoms with Crippen LogP contribution in [0, 0.1) is 5.92 Å². The molecule has 0 aromatic carbocycles. The van der Waals surface area contributed by atoms with Crippen molar-refractivity contribution in [3.8, 4) is 0 Å². The predicted molar refractivity (Wildman–Crippen MR) is 88.7 cm³/mol. The summed E-state index contributed by atoms with van der Waals surface area (Å²) in [6.45, 7) is 7.97. The normalized spacial score (nSPS) is 15.6. The zero-order valence-corrected chi connectivity index (χ0v) is 14.8. The van der Waals surface area contributed by atoms with Gasteiger partial charge in [-0.2, -0.15) is 0 Å². The van der Waals surface area contributed by atoms with Crippen molar-refractivity contribution in [1.82, 2.24) is 9.80 Å². The van der Waals surface area contributed by atoms with Crippen LogP contribution in [0.15, 0.2) is 12.3 Å². The molecule has 1 aliphatic heterocycles. The van der Waals surface area contributed by atoms with Gasteiger partial charge in [-0.05, 0) is 54.0 Å². The van der Waals surface area contributed by atoms with E-state index in [1.807, 2.05) is 35.0 Å². The van der Waals surface area contributed by atoms with Crippen LogP contribution in [0.1, 0.15) is 33.6 Å². The molecule has 1 saturated heterocycles. The summed E-state index contributed by atoms with van der Waals surface area (Å²) in [7, 11) is 5.66. The summed E-state index contributed by atoms with van der Waals surface area (Å²) in [6, 6.07) is 0. The molecule has 1 N–H and O–H groups in total. The summed E-state index contributed by atoms with van der Waals surface area (Å²) in [5.41, 5.74) is 0. The molecule has 0 aliphatic carbocycles. The van der Waals surface area contributed by atoms with Crippen molar-refractivity contribution >= 4 is 11.9 Å². The second-order valence-electron chi connectivity index (χ2n) is 5.11. The van der Waals surface area contributed by atoms with Crippen LogP contribution in [0.3, 0.4) is 0 Å². The van der Waals surface area contributed by atoms with Gasteiger partial charge in [-0.15, -0.1) is 0 Å². The molecule has 130 valence electrons. The van der Waals surface area contributed by atoms with Gasteiger partial charge in [0.1, 0.15) is 0 Å². The van der Waals surface area contributed by atoms with E-state index in [1.165, 1.54) is 6.26 Å². The molecule has 6 nitrogen and oxygen atoms in total. The minimum atomic E-state index is -0.631. The number of carbonyl (C=O) groups excluding carboxylic acids is 1. The molecule has 1 aliphatic rings. The number of rotatable bonds is 4. The molecule has 1 fully saturated rings. The molecular formula is C16H32N2O4. The fraction of sp³-hybridized carbons (Fsp3) is 0.750. The Hall–Kier alpha value is -1.40. The molecule has 0 amide bonds. The van der Waals surface area contributed by atoms with Crippen molar-refractivity contribution in [1.29, 1.82) is 0 Å². The van der Waals surface area contributed by atoms with Crippen LogP contribution < -0.4 is 0 Å². The lowest BCUT2D eigenvalue weighted by Gasteiger charge is -2.25. The van der Waals surface area contributed by atoms with Crippen LogP contribution >= 0.6 is 0 Å². The monoisotopic (exact) mass is 316 g/mol. The van der Waals surface area contributed by atoms with Gasteiger partial charge in [-0.1, -0.05) is 19.9 Å². The lowest BCUT2D eigenvalue weighted by molar-refractivity contribution is -0.143. The molecule has 0 atom stereocenters. The minimum absolute atomic E-state index is 0.0869. The second kappa shape index (κ2) is 14.5. The van der Waals surface area contributed by atoms with Crippen LogP contribution in [0.25, 0.3) is 0 Å². The highest BCUT2D eigenvalue weighted by atomic mass is 16.5. The summed E-state index contributed by atoms with van der Waals surface area (Å²) in [5, 5.41) is 8.61. The molecule has 6 heteroatoms. The van der Waals surface area contributed by atoms with E-state index in [0.29, 0.717) is 6.54 Å². The number of esters is 1. The van der Waals surface area contributed by atoms with Gasteiger partial charge in [-0.3, -0.25) is 14.5 Å². The molecule has 0 unspecified atom stereocenters. The quantitative estimate of drug-likeness (QED) is 0.632. The number of likely N-dealkylation sites (N-methyl/N-ethyl adjacent to an activating group) is 1. The van der Waals surface area contributed by atoms with Crippen molar-refractivity contribution in [3.05, 3.63) is 12.3 Å². The SMILES string of the molecule is CC.CC=COC(=O)CN(C)C.CN1CCC(C(=O)O)CC1. The highest BCUT2D eigenvalue weighted by Gasteiger charge is 2.21. The van der Waals surface area contributed by atoms with E-state index in [1.54, 1.807) is 17.9 Å². The topological polar surface area (TPSA) is 70.1 Å². The second-order valence-corrected chi connectivity index (χ2v) is 5.11. The summed E-state index contributed by atoms with van der Waals surface area (Å²) in [4.78, 5) is 25.1. The first-order valence-electron chi connectivity index (χ1n) is 7.73. The number of piperidine rings is 1. The number of likely N-dealkylation sites (tertiary alicyclic amines) is 1. The number of hydrogen-bond acceptors (Lipinski definition) is 5. The number of aliphatic carboxylic acids is 1. The van der Waals surface area contributed by atoms with E-state index in [-0.39, 0.29) is 11.9 Å². The van der Waals surface area contributed by atoms with Crippen molar-refractivity contribution in [2.75, 3.05) is 40.8 Å². The van der Waals surface area contributed by atoms with Gasteiger partial charge in [0.25, 0.3) is 0 Å². The highest BCUT2D eigenvalue weighted by molar-refractivity contribution is 5.72. The Kier molecular flexibility index (Phi) is 15.1. The summed E-state index contributed by atoms with van der Waals surface area (Å²) in [6.07, 6.45) is 4.68. The zero-order chi connectivity index (χ0) is 17.5. The van der Waals surface area contributed by atoms with Gasteiger partial charge in [0.15, 0.2) is 0 Å². The van der Waals surface area contributed by atoms with E-state index in [0.717, 1.165) is 25.9 Å². The van der Waals surface area contributed by atoms with E-state index in [9.17, 15) is 9.59 Å². The van der Waals surface area contributed by atoms with Gasteiger partial charge in [-0.25, -0.2) is 0 Å². The average molecular weight is 316 g/mol. The number of carboxylic acid groups (broad SMARTS) is 1. The number of ether oxygens (including phenoxy) is 1. The van der Waals surface area contributed by atoms with Crippen molar-refractivity contribution in [2.45, 2.75) is 33.6 Å². The van der Waals surface area contributed by atoms with Crippen molar-refractivity contribution < 1.29 is 19.4 Å². The maximum Gasteiger partial charge on any atom is 0.324 e. The standard InChI is InChI=1S/2C7H13NO2.C2H6/c1-8-4-2-6(3-5-8)7(9)10;1-4-5-10-7(9)6-8(2)3;1-2/h6H,2-5H2,1H3,(H,9,10);4-5H,6H2,1-3H3;1-2H3. The van der Waals surface area contributed by atoms with E-state index in [4.69, 9.17) is 5.11 Å². The molecule has 0 spiro atoms. The zero-order valence-electron chi connectivity index (χ0n) is 14.8. The van der Waals surface area contributed by atoms with Crippen molar-refractivity contribution in [3.63, 3.8) is 0 Å². The van der Waals surface area contributed by atoms with Crippen LogP contribution in [0.5, 0.6) is 0 Å². The Morgan fingerprint density at radius 1 is 1.27 bits per heavy atom. The first kappa shape index (κ1) is 22.9. The Balaban J connectivity index is 0. The maximum atomic E-state index is 10.7. The fourth-order valence-electron chi connectivity index (χ4n) is 1.69. The van der Waals surface area contributed by atoms with Crippen LogP contribution in [0.4, 0.5) is 0 Å². The first-order chi connectivity index (χ1) is 10.4. The minimum Gasteiger partial charge on any atom is -0.481 e. The summed E-state index contributed by atoms with van der Waals surface area (Å²) < 4.78 is 4.64. The van der Waals surface area contributed by atoms with Crippen molar-refractivity contribution in [2.24, 2.45) is 5.92 Å². The molecule has 0 aromatic rings. The number of carboxylic acids is 1. The van der Waals surface area contributed by atoms with E-state index < -0.39 is 5.97 Å². The summed E-state index contributed by atoms with van der Waals surface area (Å²) in [5.74, 6) is -0.951. The van der Waals surface area contributed by atoms with Gasteiger partial charge < -0.3 is 14.7 Å². The third-order valence-electron chi connectivity index (χ3n) is 2.85. The Morgan fingerprint density at radius 2 is 1.77 bits per heavy atom. The van der Waals surface area contributed by atoms with E-state index in [2.05, 4.69) is 9.64 Å². The van der Waals surface area contributed by atoms with E-state index >= 15 is 0 Å². The lowest BCUT2D eigenvalue weighted by atomic mass is 9.98. The number of nitrogens with zero attached hydrogens (tertiary/aromatic N) is 2. The van der Waals surface area contributed by atoms with Gasteiger partial charge in [0.2, 0.25) is 0 Å². The fourth-order valence-corrected chi connectivity index (χ4v) is 1.69. The molecule has 0 saturated carbocycles. The summed E-state index contributed by atoms with van der Waals surface area (Å²) >= 11 is 0. The third-order valence-corrected chi connectivity index (χ3v) is 2.85. The Bertz CT molecular complexity index is 322. The van der Waals surface area contributed by atoms with Gasteiger partial charge >= 0.3 is 11.9 Å². The third kappa shape index (κ3) is 13.6. The van der Waals surface area contributed by atoms with Gasteiger partial charge in [0.05, 0.1) is 18.7 Å². The largest absolute Gasteiger partial charge is 0.481 e. The highest BCUT2D eigenvalue weighted by Crippen LogP contribution is 2.15. The molecule has 0 radical (unpaired) electrons. The van der Waals surface area contributed by atoms with Crippen LogP contribution in [0.2, 0.25) is 0 Å². The van der Waals surface area contributed by atoms with Crippen LogP contribution in [-0.4, -0.2) is 67.6 Å². The van der Waals surface area contributed by atoms with Gasteiger partial charge in [0, 0.05) is 0 Å². The number of allylic oxidation sites excluding steroid dienone is 1. The molecule has 0 aromatic heterocycles.